The molecule has 0 bridgehead atoms. The van der Waals surface area contributed by atoms with E-state index >= 15 is 0 Å². The van der Waals surface area contributed by atoms with E-state index in [2.05, 4.69) is 46.4 Å². The molecule has 1 saturated heterocycles. The van der Waals surface area contributed by atoms with Crippen LogP contribution < -0.4 is 15.0 Å². The normalized spacial score (nSPS) is 14.7. The Labute approximate surface area is 168 Å². The fourth-order valence-electron chi connectivity index (χ4n) is 3.45. The van der Waals surface area contributed by atoms with E-state index in [1.54, 1.807) is 7.11 Å². The lowest BCUT2D eigenvalue weighted by Gasteiger charge is -2.34. The maximum absolute atomic E-state index is 12.1. The average Bonchev–Trinajstić information content (AvgIpc) is 2.73. The van der Waals surface area contributed by atoms with Crippen LogP contribution >= 0.6 is 0 Å². The lowest BCUT2D eigenvalue weighted by atomic mass is 10.1. The van der Waals surface area contributed by atoms with Gasteiger partial charge in [-0.1, -0.05) is 24.3 Å². The Morgan fingerprint density at radius 2 is 1.61 bits per heavy atom. The molecule has 150 valence electrons. The minimum atomic E-state index is 0.0654. The van der Waals surface area contributed by atoms with Crippen molar-refractivity contribution in [2.75, 3.05) is 51.8 Å². The molecule has 2 aromatic carbocycles. The number of aryl methyl sites for hydroxylation is 1. The number of amides is 1. The van der Waals surface area contributed by atoms with Gasteiger partial charge < -0.3 is 19.9 Å². The average molecular weight is 382 g/mol. The Morgan fingerprint density at radius 3 is 2.25 bits per heavy atom. The molecule has 0 radical (unpaired) electrons. The van der Waals surface area contributed by atoms with Crippen LogP contribution in [0.3, 0.4) is 0 Å². The predicted molar refractivity (Wildman–Crippen MR) is 114 cm³/mol. The number of carbonyl (C=O) groups excluding carboxylic acids is 1. The van der Waals surface area contributed by atoms with E-state index in [0.29, 0.717) is 13.0 Å². The van der Waals surface area contributed by atoms with Gasteiger partial charge >= 0.3 is 0 Å². The van der Waals surface area contributed by atoms with Crippen molar-refractivity contribution in [1.82, 2.24) is 10.2 Å². The van der Waals surface area contributed by atoms with Gasteiger partial charge in [0.15, 0.2) is 0 Å². The van der Waals surface area contributed by atoms with Gasteiger partial charge in [0.1, 0.15) is 5.75 Å². The number of anilines is 1. The molecule has 1 fully saturated rings. The van der Waals surface area contributed by atoms with Crippen molar-refractivity contribution in [2.24, 2.45) is 0 Å². The number of ether oxygens (including phenoxy) is 1. The summed E-state index contributed by atoms with van der Waals surface area (Å²) in [7, 11) is 3.82. The van der Waals surface area contributed by atoms with Gasteiger partial charge in [-0.25, -0.2) is 0 Å². The van der Waals surface area contributed by atoms with Gasteiger partial charge in [-0.15, -0.1) is 0 Å². The molecule has 1 N–H and O–H groups in total. The van der Waals surface area contributed by atoms with E-state index in [4.69, 9.17) is 4.74 Å². The van der Waals surface area contributed by atoms with Crippen molar-refractivity contribution in [1.29, 1.82) is 0 Å². The van der Waals surface area contributed by atoms with Crippen molar-refractivity contribution in [3.05, 3.63) is 59.7 Å². The van der Waals surface area contributed by atoms with Gasteiger partial charge in [0, 0.05) is 38.4 Å². The fourth-order valence-corrected chi connectivity index (χ4v) is 3.45. The molecule has 0 aliphatic carbocycles. The van der Waals surface area contributed by atoms with Crippen LogP contribution in [0.5, 0.6) is 5.75 Å². The van der Waals surface area contributed by atoms with Crippen molar-refractivity contribution in [2.45, 2.75) is 19.3 Å². The van der Waals surface area contributed by atoms with Crippen LogP contribution in [0.15, 0.2) is 48.5 Å². The Hall–Kier alpha value is -2.53. The maximum atomic E-state index is 12.1. The van der Waals surface area contributed by atoms with Gasteiger partial charge in [0.25, 0.3) is 0 Å². The Kier molecular flexibility index (Phi) is 7.31. The summed E-state index contributed by atoms with van der Waals surface area (Å²) in [5.74, 6) is 0.874. The van der Waals surface area contributed by atoms with E-state index < -0.39 is 0 Å². The van der Waals surface area contributed by atoms with Crippen LogP contribution in [0.1, 0.15) is 17.5 Å². The van der Waals surface area contributed by atoms with Crippen molar-refractivity contribution >= 4 is 11.6 Å². The van der Waals surface area contributed by atoms with Gasteiger partial charge in [-0.05, 0) is 55.3 Å². The summed E-state index contributed by atoms with van der Waals surface area (Å²) in [5, 5.41) is 3.01. The van der Waals surface area contributed by atoms with Crippen LogP contribution in [-0.4, -0.2) is 57.7 Å². The highest BCUT2D eigenvalue weighted by Gasteiger charge is 2.13. The molecule has 1 aliphatic rings. The topological polar surface area (TPSA) is 44.8 Å². The third-order valence-electron chi connectivity index (χ3n) is 5.29. The summed E-state index contributed by atoms with van der Waals surface area (Å²) in [5.41, 5.74) is 3.63. The predicted octanol–water partition coefficient (Wildman–Crippen LogP) is 2.74. The van der Waals surface area contributed by atoms with Gasteiger partial charge in [0.2, 0.25) is 5.91 Å². The van der Waals surface area contributed by atoms with E-state index in [0.717, 1.165) is 50.3 Å². The number of carbonyl (C=O) groups is 1. The SMILES string of the molecule is COc1ccc(CC(=O)NCCCc2ccc(N3CCN(C)CC3)cc2)cc1. The molecule has 5 nitrogen and oxygen atoms in total. The largest absolute Gasteiger partial charge is 0.497 e. The minimum absolute atomic E-state index is 0.0654. The van der Waals surface area contributed by atoms with Crippen molar-refractivity contribution in [3.63, 3.8) is 0 Å². The Morgan fingerprint density at radius 1 is 0.964 bits per heavy atom. The van der Waals surface area contributed by atoms with Crippen LogP contribution in [-0.2, 0) is 17.6 Å². The summed E-state index contributed by atoms with van der Waals surface area (Å²) in [6, 6.07) is 16.5. The van der Waals surface area contributed by atoms with E-state index in [1.165, 1.54) is 11.3 Å². The zero-order chi connectivity index (χ0) is 19.8. The van der Waals surface area contributed by atoms with Crippen molar-refractivity contribution in [3.8, 4) is 5.75 Å². The second-order valence-electron chi connectivity index (χ2n) is 7.44. The third kappa shape index (κ3) is 5.99. The van der Waals surface area contributed by atoms with Gasteiger partial charge in [-0.3, -0.25) is 4.79 Å². The third-order valence-corrected chi connectivity index (χ3v) is 5.29. The zero-order valence-electron chi connectivity index (χ0n) is 17.0. The smallest absolute Gasteiger partial charge is 0.224 e. The number of rotatable bonds is 8. The van der Waals surface area contributed by atoms with E-state index in [9.17, 15) is 4.79 Å². The van der Waals surface area contributed by atoms with Crippen molar-refractivity contribution < 1.29 is 9.53 Å². The highest BCUT2D eigenvalue weighted by atomic mass is 16.5. The second kappa shape index (κ2) is 10.1. The fraction of sp³-hybridized carbons (Fsp3) is 0.435. The summed E-state index contributed by atoms with van der Waals surface area (Å²) < 4.78 is 5.14. The lowest BCUT2D eigenvalue weighted by molar-refractivity contribution is -0.120. The highest BCUT2D eigenvalue weighted by molar-refractivity contribution is 5.78. The van der Waals surface area contributed by atoms with Gasteiger partial charge in [-0.2, -0.15) is 0 Å². The standard InChI is InChI=1S/C23H31N3O2/c1-25-14-16-26(17-15-25)21-9-5-19(6-10-21)4-3-13-24-23(27)18-20-7-11-22(28-2)12-8-20/h5-12H,3-4,13-18H2,1-2H3,(H,24,27). The molecule has 0 spiro atoms. The second-order valence-corrected chi connectivity index (χ2v) is 7.44. The summed E-state index contributed by atoms with van der Waals surface area (Å²) in [4.78, 5) is 16.9. The lowest BCUT2D eigenvalue weighted by Crippen LogP contribution is -2.44. The summed E-state index contributed by atoms with van der Waals surface area (Å²) >= 11 is 0. The first-order valence-electron chi connectivity index (χ1n) is 10.1. The molecular formula is C23H31N3O2. The summed E-state index contributed by atoms with van der Waals surface area (Å²) in [6.07, 6.45) is 2.33. The van der Waals surface area contributed by atoms with Gasteiger partial charge in [0.05, 0.1) is 13.5 Å². The molecular weight excluding hydrogens is 350 g/mol. The Balaban J connectivity index is 1.36. The first kappa shape index (κ1) is 20.2. The number of nitrogens with zero attached hydrogens (tertiary/aromatic N) is 2. The van der Waals surface area contributed by atoms with E-state index in [-0.39, 0.29) is 5.91 Å². The summed E-state index contributed by atoms with van der Waals surface area (Å²) in [6.45, 7) is 5.14. The number of likely N-dealkylation sites (N-methyl/N-ethyl adjacent to an activating group) is 1. The van der Waals surface area contributed by atoms with Crippen LogP contribution in [0.25, 0.3) is 0 Å². The molecule has 1 aliphatic heterocycles. The Bertz CT molecular complexity index is 735. The number of benzene rings is 2. The quantitative estimate of drug-likeness (QED) is 0.714. The monoisotopic (exact) mass is 381 g/mol. The van der Waals surface area contributed by atoms with Crippen LogP contribution in [0.4, 0.5) is 5.69 Å². The van der Waals surface area contributed by atoms with E-state index in [1.807, 2.05) is 24.3 Å². The molecule has 2 aromatic rings. The molecule has 5 heteroatoms. The zero-order valence-corrected chi connectivity index (χ0v) is 17.0. The molecule has 3 rings (SSSR count). The molecule has 0 unspecified atom stereocenters. The minimum Gasteiger partial charge on any atom is -0.497 e. The maximum Gasteiger partial charge on any atom is 0.224 e. The number of piperazine rings is 1. The number of hydrogen-bond donors (Lipinski definition) is 1. The first-order valence-corrected chi connectivity index (χ1v) is 10.1. The number of hydrogen-bond acceptors (Lipinski definition) is 4. The molecule has 0 atom stereocenters. The molecule has 28 heavy (non-hydrogen) atoms. The molecule has 1 heterocycles. The molecule has 1 amide bonds. The number of nitrogens with one attached hydrogen (secondary N) is 1. The molecule has 0 aromatic heterocycles. The van der Waals surface area contributed by atoms with Crippen LogP contribution in [0.2, 0.25) is 0 Å². The molecule has 0 saturated carbocycles. The van der Waals surface area contributed by atoms with Crippen LogP contribution in [0, 0.1) is 0 Å². The highest BCUT2D eigenvalue weighted by Crippen LogP contribution is 2.17. The first-order chi connectivity index (χ1) is 13.6. The number of methoxy groups -OCH3 is 1.